The lowest BCUT2D eigenvalue weighted by Crippen LogP contribution is -2.35. The summed E-state index contributed by atoms with van der Waals surface area (Å²) in [5.41, 5.74) is 4.77. The van der Waals surface area contributed by atoms with Crippen LogP contribution in [-0.4, -0.2) is 14.2 Å². The first-order chi connectivity index (χ1) is 8.31. The highest BCUT2D eigenvalue weighted by Crippen LogP contribution is 2.39. The smallest absolute Gasteiger partial charge is 0.148 e. The fourth-order valence-electron chi connectivity index (χ4n) is 1.56. The van der Waals surface area contributed by atoms with Crippen LogP contribution in [0.1, 0.15) is 32.4 Å². The van der Waals surface area contributed by atoms with Crippen LogP contribution in [0.4, 0.5) is 0 Å². The monoisotopic (exact) mass is 258 g/mol. The van der Waals surface area contributed by atoms with Crippen LogP contribution in [0.25, 0.3) is 0 Å². The van der Waals surface area contributed by atoms with E-state index in [0.717, 1.165) is 0 Å². The van der Waals surface area contributed by atoms with Crippen molar-refractivity contribution in [1.82, 2.24) is 0 Å². The summed E-state index contributed by atoms with van der Waals surface area (Å²) in [5.74, 6) is 3.34. The van der Waals surface area contributed by atoms with E-state index in [1.54, 1.807) is 0 Å². The highest BCUT2D eigenvalue weighted by atomic mass is 28.3. The van der Waals surface area contributed by atoms with Gasteiger partial charge in [0.1, 0.15) is 20.3 Å². The second-order valence-electron chi connectivity index (χ2n) is 6.53. The summed E-state index contributed by atoms with van der Waals surface area (Å²) in [6.07, 6.45) is 0.310. The molecular weight excluding hydrogens is 236 g/mol. The van der Waals surface area contributed by atoms with Crippen LogP contribution in [0.5, 0.6) is 0 Å². The molecule has 96 valence electrons. The molecule has 2 heteroatoms. The lowest BCUT2D eigenvalue weighted by Gasteiger charge is -2.31. The second kappa shape index (κ2) is 4.57. The van der Waals surface area contributed by atoms with E-state index in [2.05, 4.69) is 69.6 Å². The highest BCUT2D eigenvalue weighted by Gasteiger charge is 2.40. The first-order valence-corrected chi connectivity index (χ1v) is 9.54. The van der Waals surface area contributed by atoms with Gasteiger partial charge in [0.05, 0.1) is 0 Å². The Bertz CT molecular complexity index is 473. The molecule has 0 amide bonds. The molecule has 0 aliphatic carbocycles. The molecule has 0 aromatic heterocycles. The minimum absolute atomic E-state index is 0.113. The summed E-state index contributed by atoms with van der Waals surface area (Å²) >= 11 is 0. The Balaban J connectivity index is 2.03. The van der Waals surface area contributed by atoms with E-state index in [1.165, 1.54) is 5.56 Å². The van der Waals surface area contributed by atoms with Gasteiger partial charge in [-0.1, -0.05) is 70.1 Å². The Morgan fingerprint density at radius 1 is 1.11 bits per heavy atom. The van der Waals surface area contributed by atoms with E-state index >= 15 is 0 Å². The van der Waals surface area contributed by atoms with Gasteiger partial charge in [0.15, 0.2) is 0 Å². The van der Waals surface area contributed by atoms with Crippen molar-refractivity contribution < 1.29 is 4.74 Å². The van der Waals surface area contributed by atoms with Gasteiger partial charge in [-0.25, -0.2) is 0 Å². The van der Waals surface area contributed by atoms with Crippen molar-refractivity contribution in [3.05, 3.63) is 35.9 Å². The van der Waals surface area contributed by atoms with Crippen LogP contribution >= 0.6 is 0 Å². The van der Waals surface area contributed by atoms with Crippen LogP contribution in [0.3, 0.4) is 0 Å². The Hall–Kier alpha value is -1.04. The van der Waals surface area contributed by atoms with Gasteiger partial charge in [0, 0.05) is 0 Å². The molecule has 1 saturated heterocycles. The molecule has 0 bridgehead atoms. The van der Waals surface area contributed by atoms with Gasteiger partial charge in [-0.2, -0.15) is 0 Å². The average molecular weight is 258 g/mol. The lowest BCUT2D eigenvalue weighted by atomic mass is 10.1. The number of benzene rings is 1. The van der Waals surface area contributed by atoms with Crippen molar-refractivity contribution >= 4 is 8.07 Å². The third kappa shape index (κ3) is 2.85. The Kier molecular flexibility index (Phi) is 3.40. The van der Waals surface area contributed by atoms with Gasteiger partial charge >= 0.3 is 0 Å². The van der Waals surface area contributed by atoms with Crippen molar-refractivity contribution in [2.45, 2.75) is 51.1 Å². The number of ether oxygens (including phenoxy) is 1. The Morgan fingerprint density at radius 2 is 1.72 bits per heavy atom. The fraction of sp³-hybridized carbons (Fsp3) is 0.500. The minimum Gasteiger partial charge on any atom is -0.351 e. The standard InChI is InChI=1S/C16H22OSi/c1-16(2,3)18(4,5)12-11-14-15(17-14)13-9-7-6-8-10-13/h6-10,14-15H,1-5H3/t14-,15-/m1/s1. The summed E-state index contributed by atoms with van der Waals surface area (Å²) in [6, 6.07) is 10.4. The Labute approximate surface area is 112 Å². The zero-order valence-corrected chi connectivity index (χ0v) is 12.9. The molecule has 1 nitrogen and oxygen atoms in total. The molecule has 1 aliphatic heterocycles. The molecule has 1 aromatic rings. The van der Waals surface area contributed by atoms with Crippen LogP contribution in [0.2, 0.25) is 18.1 Å². The molecule has 18 heavy (non-hydrogen) atoms. The maximum Gasteiger partial charge on any atom is 0.148 e. The van der Waals surface area contributed by atoms with E-state index in [4.69, 9.17) is 4.74 Å². The van der Waals surface area contributed by atoms with E-state index < -0.39 is 8.07 Å². The van der Waals surface area contributed by atoms with Crippen molar-refractivity contribution in [2.75, 3.05) is 0 Å². The van der Waals surface area contributed by atoms with Gasteiger partial charge in [0.25, 0.3) is 0 Å². The van der Waals surface area contributed by atoms with Gasteiger partial charge < -0.3 is 4.74 Å². The molecule has 0 saturated carbocycles. The summed E-state index contributed by atoms with van der Waals surface area (Å²) < 4.78 is 5.66. The molecule has 1 aliphatic rings. The quantitative estimate of drug-likeness (QED) is 0.418. The molecule has 0 N–H and O–H groups in total. The van der Waals surface area contributed by atoms with Gasteiger partial charge in [-0.05, 0) is 10.6 Å². The SMILES string of the molecule is CC(C)(C)[Si](C)(C)C#C[C@H]1O[C@@H]1c1ccccc1. The number of epoxide rings is 1. The van der Waals surface area contributed by atoms with E-state index in [-0.39, 0.29) is 12.2 Å². The molecular formula is C16H22OSi. The predicted octanol–water partition coefficient (Wildman–Crippen LogP) is 4.18. The zero-order valence-electron chi connectivity index (χ0n) is 11.9. The van der Waals surface area contributed by atoms with Gasteiger partial charge in [-0.15, -0.1) is 5.54 Å². The normalized spacial score (nSPS) is 23.2. The molecule has 0 spiro atoms. The number of rotatable bonds is 1. The second-order valence-corrected chi connectivity index (χ2v) is 11.5. The van der Waals surface area contributed by atoms with Crippen LogP contribution in [-0.2, 0) is 4.74 Å². The minimum atomic E-state index is -1.50. The third-order valence-electron chi connectivity index (χ3n) is 4.02. The van der Waals surface area contributed by atoms with Crippen molar-refractivity contribution in [3.8, 4) is 11.5 Å². The zero-order chi connectivity index (χ0) is 13.4. The Morgan fingerprint density at radius 3 is 2.28 bits per heavy atom. The van der Waals surface area contributed by atoms with Crippen molar-refractivity contribution in [2.24, 2.45) is 0 Å². The first-order valence-electron chi connectivity index (χ1n) is 6.54. The summed E-state index contributed by atoms with van der Waals surface area (Å²) in [4.78, 5) is 0. The predicted molar refractivity (Wildman–Crippen MR) is 79.0 cm³/mol. The summed E-state index contributed by atoms with van der Waals surface area (Å²) in [5, 5.41) is 0.317. The van der Waals surface area contributed by atoms with Crippen LogP contribution in [0, 0.1) is 11.5 Å². The van der Waals surface area contributed by atoms with Crippen LogP contribution < -0.4 is 0 Å². The lowest BCUT2D eigenvalue weighted by molar-refractivity contribution is 0.397. The summed E-state index contributed by atoms with van der Waals surface area (Å²) in [6.45, 7) is 11.5. The molecule has 2 rings (SSSR count). The molecule has 1 heterocycles. The molecule has 0 radical (unpaired) electrons. The van der Waals surface area contributed by atoms with Gasteiger partial charge in [-0.3, -0.25) is 0 Å². The number of hydrogen-bond donors (Lipinski definition) is 0. The van der Waals surface area contributed by atoms with E-state index in [0.29, 0.717) is 5.04 Å². The topological polar surface area (TPSA) is 12.5 Å². The largest absolute Gasteiger partial charge is 0.351 e. The first kappa shape index (κ1) is 13.4. The molecule has 2 atom stereocenters. The fourth-order valence-corrected chi connectivity index (χ4v) is 2.44. The van der Waals surface area contributed by atoms with Crippen molar-refractivity contribution in [3.63, 3.8) is 0 Å². The maximum absolute atomic E-state index is 5.66. The molecule has 1 aromatic carbocycles. The van der Waals surface area contributed by atoms with Crippen LogP contribution in [0.15, 0.2) is 30.3 Å². The van der Waals surface area contributed by atoms with Crippen molar-refractivity contribution in [1.29, 1.82) is 0 Å². The average Bonchev–Trinajstić information content (AvgIpc) is 3.06. The highest BCUT2D eigenvalue weighted by molar-refractivity contribution is 6.87. The number of hydrogen-bond acceptors (Lipinski definition) is 1. The molecule has 0 unspecified atom stereocenters. The van der Waals surface area contributed by atoms with Gasteiger partial charge in [0.2, 0.25) is 0 Å². The molecule has 1 fully saturated rings. The van der Waals surface area contributed by atoms with E-state index in [1.807, 2.05) is 6.07 Å². The summed E-state index contributed by atoms with van der Waals surface area (Å²) in [7, 11) is -1.50. The third-order valence-corrected chi connectivity index (χ3v) is 8.54. The van der Waals surface area contributed by atoms with E-state index in [9.17, 15) is 0 Å². The maximum atomic E-state index is 5.66.